The largest absolute Gasteiger partial charge is 0.351 e. The summed E-state index contributed by atoms with van der Waals surface area (Å²) in [5.41, 5.74) is 2.60. The van der Waals surface area contributed by atoms with E-state index in [-0.39, 0.29) is 17.7 Å². The second-order valence-corrected chi connectivity index (χ2v) is 5.75. The van der Waals surface area contributed by atoms with Crippen LogP contribution in [-0.4, -0.2) is 26.9 Å². The summed E-state index contributed by atoms with van der Waals surface area (Å²) in [6.07, 6.45) is 0. The molecule has 0 atom stereocenters. The van der Waals surface area contributed by atoms with Crippen LogP contribution in [0.1, 0.15) is 41.5 Å². The number of rotatable bonds is 4. The number of amides is 1. The maximum atomic E-state index is 11.8. The number of carbonyl (C=O) groups is 1. The number of nitrogens with zero attached hydrogens (tertiary/aromatic N) is 3. The summed E-state index contributed by atoms with van der Waals surface area (Å²) in [7, 11) is 0. The molecule has 2 aromatic rings. The zero-order chi connectivity index (χ0) is 14.9. The third-order valence-corrected chi connectivity index (χ3v) is 3.96. The molecule has 2 aromatic heterocycles. The van der Waals surface area contributed by atoms with Gasteiger partial charge in [-0.3, -0.25) is 9.48 Å². The van der Waals surface area contributed by atoms with E-state index >= 15 is 0 Å². The van der Waals surface area contributed by atoms with Crippen LogP contribution < -0.4 is 5.32 Å². The highest BCUT2D eigenvalue weighted by Gasteiger charge is 2.15. The lowest BCUT2D eigenvalue weighted by molar-refractivity contribution is 0.0906. The Morgan fingerprint density at radius 3 is 2.75 bits per heavy atom. The van der Waals surface area contributed by atoms with Crippen molar-refractivity contribution in [2.75, 3.05) is 0 Å². The van der Waals surface area contributed by atoms with Crippen LogP contribution in [0.4, 0.5) is 0 Å². The molecule has 2 rings (SSSR count). The first-order chi connectivity index (χ1) is 9.38. The Morgan fingerprint density at radius 2 is 2.20 bits per heavy atom. The Balaban J connectivity index is 2.13. The van der Waals surface area contributed by atoms with Gasteiger partial charge in [0.2, 0.25) is 5.76 Å². The quantitative estimate of drug-likeness (QED) is 0.927. The van der Waals surface area contributed by atoms with E-state index in [1.54, 1.807) is 6.07 Å². The van der Waals surface area contributed by atoms with Crippen LogP contribution in [0, 0.1) is 13.8 Å². The van der Waals surface area contributed by atoms with E-state index in [9.17, 15) is 4.79 Å². The molecule has 20 heavy (non-hydrogen) atoms. The van der Waals surface area contributed by atoms with Crippen molar-refractivity contribution in [3.8, 4) is 0 Å². The number of aromatic nitrogens is 3. The van der Waals surface area contributed by atoms with E-state index in [1.165, 1.54) is 0 Å². The Labute approximate surface area is 125 Å². The molecule has 0 aromatic carbocycles. The molecule has 0 unspecified atom stereocenters. The van der Waals surface area contributed by atoms with Crippen LogP contribution in [0.5, 0.6) is 0 Å². The lowest BCUT2D eigenvalue weighted by Gasteiger charge is -2.04. The molecule has 0 fully saturated rings. The minimum atomic E-state index is -0.256. The smallest absolute Gasteiger partial charge is 0.290 e. The molecule has 1 amide bonds. The summed E-state index contributed by atoms with van der Waals surface area (Å²) in [5.74, 6) is -0.0393. The van der Waals surface area contributed by atoms with E-state index in [4.69, 9.17) is 4.52 Å². The number of halogens is 1. The van der Waals surface area contributed by atoms with Gasteiger partial charge in [-0.05, 0) is 43.6 Å². The van der Waals surface area contributed by atoms with Gasteiger partial charge in [0.25, 0.3) is 5.91 Å². The summed E-state index contributed by atoms with van der Waals surface area (Å²) < 4.78 is 7.87. The zero-order valence-corrected chi connectivity index (χ0v) is 13.5. The molecule has 0 spiro atoms. The molecule has 1 N–H and O–H groups in total. The Hall–Kier alpha value is -1.63. The lowest BCUT2D eigenvalue weighted by atomic mass is 10.3. The van der Waals surface area contributed by atoms with Gasteiger partial charge in [0.15, 0.2) is 0 Å². The Bertz CT molecular complexity index is 630. The summed E-state index contributed by atoms with van der Waals surface area (Å²) >= 11 is 3.48. The average molecular weight is 341 g/mol. The van der Waals surface area contributed by atoms with Gasteiger partial charge in [-0.1, -0.05) is 5.16 Å². The lowest BCUT2D eigenvalue weighted by Crippen LogP contribution is -2.29. The summed E-state index contributed by atoms with van der Waals surface area (Å²) in [6, 6.07) is 1.70. The third-order valence-electron chi connectivity index (χ3n) is 2.81. The molecule has 0 radical (unpaired) electrons. The number of hydrogen-bond acceptors (Lipinski definition) is 4. The van der Waals surface area contributed by atoms with Crippen LogP contribution in [0.15, 0.2) is 15.1 Å². The van der Waals surface area contributed by atoms with Crippen molar-refractivity contribution in [3.63, 3.8) is 0 Å². The number of nitrogens with one attached hydrogen (secondary N) is 1. The average Bonchev–Trinajstić information content (AvgIpc) is 2.91. The minimum absolute atomic E-state index is 0.0583. The number of carbonyl (C=O) groups excluding carboxylic acids is 1. The van der Waals surface area contributed by atoms with Crippen molar-refractivity contribution in [3.05, 3.63) is 33.4 Å². The van der Waals surface area contributed by atoms with Crippen LogP contribution in [0.3, 0.4) is 0 Å². The summed E-state index contributed by atoms with van der Waals surface area (Å²) in [4.78, 5) is 11.8. The molecule has 0 bridgehead atoms. The molecule has 0 saturated carbocycles. The van der Waals surface area contributed by atoms with Gasteiger partial charge in [-0.2, -0.15) is 5.10 Å². The fourth-order valence-electron chi connectivity index (χ4n) is 1.81. The first-order valence-corrected chi connectivity index (χ1v) is 7.13. The van der Waals surface area contributed by atoms with Crippen molar-refractivity contribution >= 4 is 21.8 Å². The fraction of sp³-hybridized carbons (Fsp3) is 0.462. The summed E-state index contributed by atoms with van der Waals surface area (Å²) in [6.45, 7) is 8.15. The van der Waals surface area contributed by atoms with E-state index in [0.717, 1.165) is 15.9 Å². The first kappa shape index (κ1) is 14.8. The monoisotopic (exact) mass is 340 g/mol. The zero-order valence-electron chi connectivity index (χ0n) is 11.9. The number of hydrogen-bond donors (Lipinski definition) is 1. The van der Waals surface area contributed by atoms with Crippen LogP contribution in [-0.2, 0) is 6.54 Å². The predicted molar refractivity (Wildman–Crippen MR) is 77.6 cm³/mol. The minimum Gasteiger partial charge on any atom is -0.351 e. The molecule has 108 valence electrons. The second-order valence-electron chi connectivity index (χ2n) is 4.95. The Kier molecular flexibility index (Phi) is 4.27. The highest BCUT2D eigenvalue weighted by Crippen LogP contribution is 2.20. The highest BCUT2D eigenvalue weighted by molar-refractivity contribution is 9.10. The topological polar surface area (TPSA) is 73.0 Å². The van der Waals surface area contributed by atoms with E-state index < -0.39 is 0 Å². The van der Waals surface area contributed by atoms with Gasteiger partial charge < -0.3 is 9.84 Å². The molecule has 0 aliphatic carbocycles. The maximum Gasteiger partial charge on any atom is 0.290 e. The molecule has 0 aliphatic heterocycles. The van der Waals surface area contributed by atoms with Gasteiger partial charge in [-0.25, -0.2) is 0 Å². The molecule has 7 heteroatoms. The van der Waals surface area contributed by atoms with Crippen molar-refractivity contribution in [2.24, 2.45) is 0 Å². The van der Waals surface area contributed by atoms with Crippen LogP contribution in [0.2, 0.25) is 0 Å². The Morgan fingerprint density at radius 1 is 1.50 bits per heavy atom. The van der Waals surface area contributed by atoms with E-state index in [1.807, 2.05) is 32.4 Å². The van der Waals surface area contributed by atoms with Crippen LogP contribution >= 0.6 is 15.9 Å². The molecule has 0 saturated heterocycles. The van der Waals surface area contributed by atoms with Crippen molar-refractivity contribution < 1.29 is 9.32 Å². The van der Waals surface area contributed by atoms with Gasteiger partial charge in [0, 0.05) is 12.1 Å². The van der Waals surface area contributed by atoms with E-state index in [0.29, 0.717) is 12.2 Å². The maximum absolute atomic E-state index is 11.8. The molecule has 0 aliphatic rings. The van der Waals surface area contributed by atoms with Crippen LogP contribution in [0.25, 0.3) is 0 Å². The predicted octanol–water partition coefficient (Wildman–Crippen LogP) is 2.44. The van der Waals surface area contributed by atoms with Crippen molar-refractivity contribution in [1.82, 2.24) is 20.3 Å². The van der Waals surface area contributed by atoms with Crippen molar-refractivity contribution in [1.29, 1.82) is 0 Å². The molecular weight excluding hydrogens is 324 g/mol. The van der Waals surface area contributed by atoms with E-state index in [2.05, 4.69) is 31.5 Å². The SMILES string of the molecule is Cc1nn(Cc2cc(C(=O)NC(C)C)on2)c(C)c1Br. The van der Waals surface area contributed by atoms with Crippen molar-refractivity contribution in [2.45, 2.75) is 40.3 Å². The molecular formula is C13H17BrN4O2. The second kappa shape index (κ2) is 5.78. The fourth-order valence-corrected chi connectivity index (χ4v) is 2.09. The highest BCUT2D eigenvalue weighted by atomic mass is 79.9. The van der Waals surface area contributed by atoms with Gasteiger partial charge in [0.1, 0.15) is 5.69 Å². The molecule has 6 nitrogen and oxygen atoms in total. The normalized spacial score (nSPS) is 11.1. The van der Waals surface area contributed by atoms with Gasteiger partial charge in [-0.15, -0.1) is 0 Å². The van der Waals surface area contributed by atoms with Gasteiger partial charge >= 0.3 is 0 Å². The van der Waals surface area contributed by atoms with Gasteiger partial charge in [0.05, 0.1) is 22.4 Å². The number of aryl methyl sites for hydroxylation is 1. The molecule has 2 heterocycles. The first-order valence-electron chi connectivity index (χ1n) is 6.34. The standard InChI is InChI=1S/C13H17BrN4O2/c1-7(2)15-13(19)11-5-10(17-20-11)6-18-9(4)12(14)8(3)16-18/h5,7H,6H2,1-4H3,(H,15,19). The third kappa shape index (κ3) is 3.09. The summed E-state index contributed by atoms with van der Waals surface area (Å²) in [5, 5.41) is 11.1.